The molecule has 2 atom stereocenters. The first kappa shape index (κ1) is 15.0. The zero-order valence-electron chi connectivity index (χ0n) is 11.6. The number of nitrogens with zero attached hydrogens (tertiary/aromatic N) is 1. The summed E-state index contributed by atoms with van der Waals surface area (Å²) in [5.74, 6) is -0.395. The standard InChI is InChI=1S/C14H22N2O4/c17-9-10-3-1-2-4-11(10)15-12(18)7-8-16-13(19)5-6-14(16)20/h10-11,17H,1-9H2,(H,15,18). The van der Waals surface area contributed by atoms with Crippen LogP contribution < -0.4 is 5.32 Å². The Bertz CT molecular complexity index is 381. The number of hydrogen-bond acceptors (Lipinski definition) is 4. The predicted molar refractivity (Wildman–Crippen MR) is 71.5 cm³/mol. The molecule has 0 bridgehead atoms. The fourth-order valence-corrected chi connectivity index (χ4v) is 2.98. The van der Waals surface area contributed by atoms with Crippen LogP contribution in [0.3, 0.4) is 0 Å². The van der Waals surface area contributed by atoms with Crippen LogP contribution in [0.25, 0.3) is 0 Å². The predicted octanol–water partition coefficient (Wildman–Crippen LogP) is 0.193. The summed E-state index contributed by atoms with van der Waals surface area (Å²) in [4.78, 5) is 35.9. The summed E-state index contributed by atoms with van der Waals surface area (Å²) >= 11 is 0. The molecule has 20 heavy (non-hydrogen) atoms. The van der Waals surface area contributed by atoms with Crippen LogP contribution in [0, 0.1) is 5.92 Å². The van der Waals surface area contributed by atoms with Crippen LogP contribution >= 0.6 is 0 Å². The summed E-state index contributed by atoms with van der Waals surface area (Å²) in [7, 11) is 0. The Labute approximate surface area is 118 Å². The molecular formula is C14H22N2O4. The summed E-state index contributed by atoms with van der Waals surface area (Å²) in [6.07, 6.45) is 4.64. The van der Waals surface area contributed by atoms with E-state index in [2.05, 4.69) is 5.32 Å². The van der Waals surface area contributed by atoms with Crippen LogP contribution in [-0.4, -0.2) is 46.9 Å². The number of amides is 3. The second kappa shape index (κ2) is 6.83. The van der Waals surface area contributed by atoms with Gasteiger partial charge in [-0.15, -0.1) is 0 Å². The van der Waals surface area contributed by atoms with E-state index in [1.54, 1.807) is 0 Å². The van der Waals surface area contributed by atoms with Gasteiger partial charge in [0.25, 0.3) is 0 Å². The summed E-state index contributed by atoms with van der Waals surface area (Å²) in [6.45, 7) is 0.258. The average molecular weight is 282 g/mol. The Balaban J connectivity index is 1.77. The zero-order chi connectivity index (χ0) is 14.5. The van der Waals surface area contributed by atoms with E-state index in [0.29, 0.717) is 0 Å². The zero-order valence-corrected chi connectivity index (χ0v) is 11.6. The molecule has 0 radical (unpaired) electrons. The van der Waals surface area contributed by atoms with Gasteiger partial charge in [0.05, 0.1) is 0 Å². The Morgan fingerprint density at radius 1 is 1.20 bits per heavy atom. The number of likely N-dealkylation sites (tertiary alicyclic amines) is 1. The molecule has 1 saturated carbocycles. The summed E-state index contributed by atoms with van der Waals surface area (Å²) in [6, 6.07) is 0.0197. The monoisotopic (exact) mass is 282 g/mol. The molecule has 6 nitrogen and oxygen atoms in total. The maximum absolute atomic E-state index is 11.9. The Hall–Kier alpha value is -1.43. The van der Waals surface area contributed by atoms with Gasteiger partial charge in [0.15, 0.2) is 0 Å². The topological polar surface area (TPSA) is 86.7 Å². The van der Waals surface area contributed by atoms with Crippen LogP contribution in [0.5, 0.6) is 0 Å². The second-order valence-electron chi connectivity index (χ2n) is 5.59. The highest BCUT2D eigenvalue weighted by Crippen LogP contribution is 2.24. The highest BCUT2D eigenvalue weighted by Gasteiger charge is 2.30. The van der Waals surface area contributed by atoms with E-state index in [0.717, 1.165) is 25.7 Å². The molecule has 1 heterocycles. The van der Waals surface area contributed by atoms with Gasteiger partial charge in [-0.2, -0.15) is 0 Å². The SMILES string of the molecule is O=C(CCN1C(=O)CCC1=O)NC1CCCCC1CO. The number of imide groups is 1. The number of aliphatic hydroxyl groups excluding tert-OH is 1. The molecule has 1 aliphatic carbocycles. The van der Waals surface area contributed by atoms with E-state index >= 15 is 0 Å². The van der Waals surface area contributed by atoms with E-state index in [-0.39, 0.29) is 62.1 Å². The van der Waals surface area contributed by atoms with Crippen molar-refractivity contribution in [2.45, 2.75) is 51.0 Å². The number of rotatable bonds is 5. The highest BCUT2D eigenvalue weighted by molar-refractivity contribution is 6.02. The van der Waals surface area contributed by atoms with E-state index in [4.69, 9.17) is 0 Å². The molecule has 1 aliphatic heterocycles. The molecular weight excluding hydrogens is 260 g/mol. The lowest BCUT2D eigenvalue weighted by molar-refractivity contribution is -0.138. The van der Waals surface area contributed by atoms with E-state index < -0.39 is 0 Å². The fraction of sp³-hybridized carbons (Fsp3) is 0.786. The second-order valence-corrected chi connectivity index (χ2v) is 5.59. The number of hydrogen-bond donors (Lipinski definition) is 2. The molecule has 2 aliphatic rings. The van der Waals surface area contributed by atoms with Crippen LogP contribution in [0.2, 0.25) is 0 Å². The molecule has 2 unspecified atom stereocenters. The summed E-state index contributed by atoms with van der Waals surface area (Å²) in [5.41, 5.74) is 0. The van der Waals surface area contributed by atoms with Crippen molar-refractivity contribution < 1.29 is 19.5 Å². The van der Waals surface area contributed by atoms with Crippen molar-refractivity contribution in [1.29, 1.82) is 0 Å². The Kier molecular flexibility index (Phi) is 5.11. The quantitative estimate of drug-likeness (QED) is 0.705. The smallest absolute Gasteiger partial charge is 0.229 e. The van der Waals surface area contributed by atoms with Gasteiger partial charge in [-0.05, 0) is 12.8 Å². The van der Waals surface area contributed by atoms with Gasteiger partial charge in [0, 0.05) is 44.4 Å². The normalized spacial score (nSPS) is 26.9. The van der Waals surface area contributed by atoms with Crippen molar-refractivity contribution in [2.75, 3.05) is 13.2 Å². The lowest BCUT2D eigenvalue weighted by Crippen LogP contribution is -2.44. The van der Waals surface area contributed by atoms with Crippen LogP contribution in [0.15, 0.2) is 0 Å². The van der Waals surface area contributed by atoms with Crippen molar-refractivity contribution in [1.82, 2.24) is 10.2 Å². The molecule has 2 N–H and O–H groups in total. The molecule has 3 amide bonds. The van der Waals surface area contributed by atoms with E-state index in [9.17, 15) is 19.5 Å². The lowest BCUT2D eigenvalue weighted by Gasteiger charge is -2.31. The number of nitrogens with one attached hydrogen (secondary N) is 1. The van der Waals surface area contributed by atoms with Crippen molar-refractivity contribution in [3.05, 3.63) is 0 Å². The maximum atomic E-state index is 11.9. The number of carbonyl (C=O) groups excluding carboxylic acids is 3. The van der Waals surface area contributed by atoms with Gasteiger partial charge in [-0.25, -0.2) is 0 Å². The molecule has 2 rings (SSSR count). The Morgan fingerprint density at radius 3 is 2.50 bits per heavy atom. The van der Waals surface area contributed by atoms with Gasteiger partial charge in [-0.1, -0.05) is 12.8 Å². The van der Waals surface area contributed by atoms with Crippen LogP contribution in [0.4, 0.5) is 0 Å². The van der Waals surface area contributed by atoms with E-state index in [1.165, 1.54) is 4.90 Å². The first-order chi connectivity index (χ1) is 9.61. The summed E-state index contributed by atoms with van der Waals surface area (Å²) < 4.78 is 0. The summed E-state index contributed by atoms with van der Waals surface area (Å²) in [5, 5.41) is 12.2. The van der Waals surface area contributed by atoms with E-state index in [1.807, 2.05) is 0 Å². The minimum atomic E-state index is -0.186. The molecule has 112 valence electrons. The lowest BCUT2D eigenvalue weighted by atomic mass is 9.85. The minimum Gasteiger partial charge on any atom is -0.396 e. The molecule has 0 aromatic rings. The molecule has 2 fully saturated rings. The van der Waals surface area contributed by atoms with Crippen molar-refractivity contribution in [3.8, 4) is 0 Å². The maximum Gasteiger partial charge on any atom is 0.229 e. The minimum absolute atomic E-state index is 0.0197. The third-order valence-corrected chi connectivity index (χ3v) is 4.21. The van der Waals surface area contributed by atoms with Gasteiger partial charge in [0.1, 0.15) is 0 Å². The Morgan fingerprint density at radius 2 is 1.85 bits per heavy atom. The third-order valence-electron chi connectivity index (χ3n) is 4.21. The van der Waals surface area contributed by atoms with Crippen LogP contribution in [-0.2, 0) is 14.4 Å². The molecule has 0 aromatic carbocycles. The molecule has 6 heteroatoms. The van der Waals surface area contributed by atoms with Crippen molar-refractivity contribution in [2.24, 2.45) is 5.92 Å². The third kappa shape index (κ3) is 3.56. The van der Waals surface area contributed by atoms with Gasteiger partial charge >= 0.3 is 0 Å². The number of carbonyl (C=O) groups is 3. The van der Waals surface area contributed by atoms with Crippen LogP contribution in [0.1, 0.15) is 44.9 Å². The van der Waals surface area contributed by atoms with Crippen molar-refractivity contribution in [3.63, 3.8) is 0 Å². The van der Waals surface area contributed by atoms with Gasteiger partial charge < -0.3 is 10.4 Å². The number of aliphatic hydroxyl groups is 1. The first-order valence-electron chi connectivity index (χ1n) is 7.35. The fourth-order valence-electron chi connectivity index (χ4n) is 2.98. The van der Waals surface area contributed by atoms with Gasteiger partial charge in [-0.3, -0.25) is 19.3 Å². The molecule has 0 aromatic heterocycles. The first-order valence-corrected chi connectivity index (χ1v) is 7.35. The largest absolute Gasteiger partial charge is 0.396 e. The van der Waals surface area contributed by atoms with Gasteiger partial charge in [0.2, 0.25) is 17.7 Å². The molecule has 0 spiro atoms. The molecule has 1 saturated heterocycles. The highest BCUT2D eigenvalue weighted by atomic mass is 16.3. The average Bonchev–Trinajstić information content (AvgIpc) is 2.76. The van der Waals surface area contributed by atoms with Crippen molar-refractivity contribution >= 4 is 17.7 Å².